The first-order valence-electron chi connectivity index (χ1n) is 4.23. The summed E-state index contributed by atoms with van der Waals surface area (Å²) >= 11 is 0. The van der Waals surface area contributed by atoms with E-state index in [4.69, 9.17) is 5.11 Å². The molecule has 86 valence electrons. The fourth-order valence-electron chi connectivity index (χ4n) is 1.28. The lowest BCUT2D eigenvalue weighted by Crippen LogP contribution is -2.12. The van der Waals surface area contributed by atoms with Crippen molar-refractivity contribution in [3.05, 3.63) is 34.6 Å². The molecular formula is C10H7F3O3. The molecule has 3 nitrogen and oxygen atoms in total. The number of rotatable bonds is 3. The minimum atomic E-state index is -1.46. The van der Waals surface area contributed by atoms with Gasteiger partial charge in [-0.15, -0.1) is 0 Å². The largest absolute Gasteiger partial charge is 0.481 e. The van der Waals surface area contributed by atoms with E-state index < -0.39 is 46.8 Å². The summed E-state index contributed by atoms with van der Waals surface area (Å²) in [6, 6.07) is 0.220. The van der Waals surface area contributed by atoms with Crippen LogP contribution in [0, 0.1) is 24.4 Å². The lowest BCUT2D eigenvalue weighted by atomic mass is 10.0. The van der Waals surface area contributed by atoms with Gasteiger partial charge in [0.25, 0.3) is 0 Å². The Morgan fingerprint density at radius 2 is 1.81 bits per heavy atom. The molecule has 0 radical (unpaired) electrons. The summed E-state index contributed by atoms with van der Waals surface area (Å²) in [4.78, 5) is 21.5. The van der Waals surface area contributed by atoms with E-state index in [0.29, 0.717) is 0 Å². The van der Waals surface area contributed by atoms with Crippen LogP contribution in [0.25, 0.3) is 0 Å². The van der Waals surface area contributed by atoms with Gasteiger partial charge in [0.05, 0.1) is 5.56 Å². The van der Waals surface area contributed by atoms with Crippen LogP contribution in [0.1, 0.15) is 22.3 Å². The van der Waals surface area contributed by atoms with E-state index in [0.717, 1.165) is 6.92 Å². The van der Waals surface area contributed by atoms with E-state index in [-0.39, 0.29) is 6.07 Å². The van der Waals surface area contributed by atoms with Crippen LogP contribution in [0.3, 0.4) is 0 Å². The third kappa shape index (κ3) is 2.21. The molecule has 0 saturated carbocycles. The molecule has 0 amide bonds. The molecule has 0 bridgehead atoms. The van der Waals surface area contributed by atoms with Gasteiger partial charge in [-0.25, -0.2) is 13.2 Å². The Labute approximate surface area is 88.5 Å². The summed E-state index contributed by atoms with van der Waals surface area (Å²) in [7, 11) is 0. The number of Topliss-reactive ketones (excluding diaryl/α,β-unsaturated/α-hetero) is 1. The van der Waals surface area contributed by atoms with Crippen LogP contribution in [0.4, 0.5) is 13.2 Å². The van der Waals surface area contributed by atoms with Crippen LogP contribution in [-0.2, 0) is 4.79 Å². The molecule has 1 rings (SSSR count). The van der Waals surface area contributed by atoms with Gasteiger partial charge in [-0.3, -0.25) is 9.59 Å². The molecule has 0 spiro atoms. The van der Waals surface area contributed by atoms with Crippen LogP contribution in [0.2, 0.25) is 0 Å². The van der Waals surface area contributed by atoms with Gasteiger partial charge < -0.3 is 5.11 Å². The van der Waals surface area contributed by atoms with Crippen LogP contribution >= 0.6 is 0 Å². The van der Waals surface area contributed by atoms with E-state index in [9.17, 15) is 22.8 Å². The second kappa shape index (κ2) is 4.34. The number of carbonyl (C=O) groups excluding carboxylic acids is 1. The van der Waals surface area contributed by atoms with E-state index >= 15 is 0 Å². The number of benzene rings is 1. The minimum Gasteiger partial charge on any atom is -0.481 e. The standard InChI is InChI=1S/C10H7F3O3/c1-4-9(7(14)3-8(15)16)5(11)2-6(12)10(4)13/h2H,3H2,1H3,(H,15,16). The first-order chi connectivity index (χ1) is 7.34. The maximum atomic E-state index is 13.2. The Balaban J connectivity index is 3.29. The third-order valence-electron chi connectivity index (χ3n) is 2.00. The monoisotopic (exact) mass is 232 g/mol. The number of hydrogen-bond donors (Lipinski definition) is 1. The van der Waals surface area contributed by atoms with Gasteiger partial charge in [0.1, 0.15) is 12.2 Å². The zero-order valence-electron chi connectivity index (χ0n) is 8.18. The van der Waals surface area contributed by atoms with Gasteiger partial charge in [0.15, 0.2) is 17.4 Å². The van der Waals surface area contributed by atoms with Crippen LogP contribution in [0.5, 0.6) is 0 Å². The van der Waals surface area contributed by atoms with Crippen LogP contribution in [-0.4, -0.2) is 16.9 Å². The predicted molar refractivity (Wildman–Crippen MR) is 47.6 cm³/mol. The zero-order chi connectivity index (χ0) is 12.5. The van der Waals surface area contributed by atoms with Crippen molar-refractivity contribution in [1.29, 1.82) is 0 Å². The molecule has 0 heterocycles. The Bertz CT molecular complexity index is 469. The van der Waals surface area contributed by atoms with Crippen molar-refractivity contribution in [1.82, 2.24) is 0 Å². The van der Waals surface area contributed by atoms with Crippen molar-refractivity contribution < 1.29 is 27.9 Å². The van der Waals surface area contributed by atoms with E-state index in [1.165, 1.54) is 0 Å². The molecule has 0 unspecified atom stereocenters. The zero-order valence-corrected chi connectivity index (χ0v) is 8.18. The van der Waals surface area contributed by atoms with Crippen molar-refractivity contribution in [2.45, 2.75) is 13.3 Å². The summed E-state index contributed by atoms with van der Waals surface area (Å²) in [5.74, 6) is -6.59. The number of hydrogen-bond acceptors (Lipinski definition) is 2. The first-order valence-corrected chi connectivity index (χ1v) is 4.23. The van der Waals surface area contributed by atoms with E-state index in [2.05, 4.69) is 0 Å². The Morgan fingerprint density at radius 3 is 2.31 bits per heavy atom. The van der Waals surface area contributed by atoms with Gasteiger partial charge in [0, 0.05) is 11.6 Å². The van der Waals surface area contributed by atoms with Crippen LogP contribution < -0.4 is 0 Å². The van der Waals surface area contributed by atoms with Crippen molar-refractivity contribution in [2.75, 3.05) is 0 Å². The van der Waals surface area contributed by atoms with Gasteiger partial charge in [-0.05, 0) is 6.92 Å². The molecule has 6 heteroatoms. The summed E-state index contributed by atoms with van der Waals surface area (Å²) in [5.41, 5.74) is -1.25. The van der Waals surface area contributed by atoms with Crippen molar-refractivity contribution in [3.8, 4) is 0 Å². The normalized spacial score (nSPS) is 10.2. The highest BCUT2D eigenvalue weighted by Crippen LogP contribution is 2.21. The maximum Gasteiger partial charge on any atom is 0.311 e. The Morgan fingerprint density at radius 1 is 1.25 bits per heavy atom. The van der Waals surface area contributed by atoms with Crippen molar-refractivity contribution in [3.63, 3.8) is 0 Å². The SMILES string of the molecule is Cc1c(F)c(F)cc(F)c1C(=O)CC(=O)O. The molecule has 0 aliphatic rings. The Hall–Kier alpha value is -1.85. The molecule has 1 aromatic rings. The lowest BCUT2D eigenvalue weighted by Gasteiger charge is -2.06. The second-order valence-corrected chi connectivity index (χ2v) is 3.15. The van der Waals surface area contributed by atoms with Crippen molar-refractivity contribution >= 4 is 11.8 Å². The fourth-order valence-corrected chi connectivity index (χ4v) is 1.28. The quantitative estimate of drug-likeness (QED) is 0.493. The molecule has 16 heavy (non-hydrogen) atoms. The smallest absolute Gasteiger partial charge is 0.311 e. The van der Waals surface area contributed by atoms with Gasteiger partial charge in [-0.2, -0.15) is 0 Å². The average molecular weight is 232 g/mol. The van der Waals surface area contributed by atoms with Crippen LogP contribution in [0.15, 0.2) is 6.07 Å². The fraction of sp³-hybridized carbons (Fsp3) is 0.200. The lowest BCUT2D eigenvalue weighted by molar-refractivity contribution is -0.135. The highest BCUT2D eigenvalue weighted by molar-refractivity contribution is 6.06. The predicted octanol–water partition coefficient (Wildman–Crippen LogP) is 2.07. The third-order valence-corrected chi connectivity index (χ3v) is 2.00. The van der Waals surface area contributed by atoms with Crippen molar-refractivity contribution in [2.24, 2.45) is 0 Å². The summed E-state index contributed by atoms with van der Waals surface area (Å²) < 4.78 is 38.9. The maximum absolute atomic E-state index is 13.2. The highest BCUT2D eigenvalue weighted by atomic mass is 19.2. The molecule has 0 saturated heterocycles. The van der Waals surface area contributed by atoms with Gasteiger partial charge in [0.2, 0.25) is 0 Å². The molecule has 0 atom stereocenters. The summed E-state index contributed by atoms with van der Waals surface area (Å²) in [6.07, 6.45) is -0.969. The molecule has 1 N–H and O–H groups in total. The average Bonchev–Trinajstić information content (AvgIpc) is 2.13. The number of carboxylic acids is 1. The molecule has 1 aromatic carbocycles. The Kier molecular flexibility index (Phi) is 3.31. The summed E-state index contributed by atoms with van der Waals surface area (Å²) in [5, 5.41) is 8.34. The topological polar surface area (TPSA) is 54.4 Å². The summed E-state index contributed by atoms with van der Waals surface area (Å²) in [6.45, 7) is 1.01. The molecule has 0 aliphatic heterocycles. The number of ketones is 1. The second-order valence-electron chi connectivity index (χ2n) is 3.15. The van der Waals surface area contributed by atoms with E-state index in [1.807, 2.05) is 0 Å². The minimum absolute atomic E-state index is 0.220. The molecular weight excluding hydrogens is 225 g/mol. The molecule has 0 fully saturated rings. The highest BCUT2D eigenvalue weighted by Gasteiger charge is 2.22. The van der Waals surface area contributed by atoms with E-state index in [1.54, 1.807) is 0 Å². The first kappa shape index (κ1) is 12.2. The number of carboxylic acid groups (broad SMARTS) is 1. The number of carbonyl (C=O) groups is 2. The molecule has 0 aliphatic carbocycles. The van der Waals surface area contributed by atoms with Gasteiger partial charge in [-0.1, -0.05) is 0 Å². The number of halogens is 3. The molecule has 0 aromatic heterocycles. The number of aliphatic carboxylic acids is 1. The van der Waals surface area contributed by atoms with Gasteiger partial charge >= 0.3 is 5.97 Å².